The normalized spacial score (nSPS) is 16.8. The molecule has 1 N–H and O–H groups in total. The number of rotatable bonds is 2. The number of nitrogens with one attached hydrogen (secondary N) is 1. The van der Waals surface area contributed by atoms with E-state index in [-0.39, 0.29) is 5.03 Å². The fourth-order valence-corrected chi connectivity index (χ4v) is 4.65. The minimum atomic E-state index is -3.90. The number of H-pyrrole nitrogens is 1. The fourth-order valence-electron chi connectivity index (χ4n) is 3.02. The monoisotopic (exact) mass is 347 g/mol. The molecule has 124 valence electrons. The highest BCUT2D eigenvalue weighted by molar-refractivity contribution is 7.92. The zero-order chi connectivity index (χ0) is 17.1. The summed E-state index contributed by atoms with van der Waals surface area (Å²) in [5.74, 6) is -0.445. The predicted octanol–water partition coefficient (Wildman–Crippen LogP) is 2.22. The first-order valence-electron chi connectivity index (χ1n) is 7.25. The molecule has 9 heteroatoms. The molecule has 2 aromatic heterocycles. The van der Waals surface area contributed by atoms with Crippen molar-refractivity contribution in [3.63, 3.8) is 0 Å². The van der Waals surface area contributed by atoms with Crippen molar-refractivity contribution in [1.29, 1.82) is 0 Å². The SMILES string of the molecule is CC1c2cn[nH]c2-c2cc(F)ccc2N1S(=O)(=O)c1cn(C)cn1. The van der Waals surface area contributed by atoms with E-state index in [1.165, 1.54) is 35.0 Å². The molecule has 7 nitrogen and oxygen atoms in total. The molecule has 0 radical (unpaired) electrons. The first-order valence-corrected chi connectivity index (χ1v) is 8.69. The second-order valence-corrected chi connectivity index (χ2v) is 7.48. The van der Waals surface area contributed by atoms with Crippen molar-refractivity contribution in [2.45, 2.75) is 18.0 Å². The summed E-state index contributed by atoms with van der Waals surface area (Å²) in [5, 5.41) is 6.76. The number of aromatic amines is 1. The third-order valence-corrected chi connectivity index (χ3v) is 5.91. The van der Waals surface area contributed by atoms with Crippen molar-refractivity contribution in [3.05, 3.63) is 48.3 Å². The Balaban J connectivity index is 1.97. The number of fused-ring (bicyclic) bond motifs is 3. The lowest BCUT2D eigenvalue weighted by molar-refractivity contribution is 0.578. The molecule has 0 fully saturated rings. The van der Waals surface area contributed by atoms with Gasteiger partial charge in [-0.15, -0.1) is 0 Å². The molecule has 1 aliphatic heterocycles. The summed E-state index contributed by atoms with van der Waals surface area (Å²) in [6, 6.07) is 3.52. The zero-order valence-electron chi connectivity index (χ0n) is 12.9. The third-order valence-electron chi connectivity index (χ3n) is 4.14. The molecule has 1 atom stereocenters. The Morgan fingerprint density at radius 3 is 2.83 bits per heavy atom. The Bertz CT molecular complexity index is 1040. The highest BCUT2D eigenvalue weighted by Crippen LogP contribution is 2.46. The Kier molecular flexibility index (Phi) is 3.04. The van der Waals surface area contributed by atoms with Gasteiger partial charge >= 0.3 is 0 Å². The molecular formula is C15H14FN5O2S. The van der Waals surface area contributed by atoms with E-state index in [4.69, 9.17) is 0 Å². The standard InChI is InChI=1S/C15H14FN5O2S/c1-9-12-6-18-19-15(12)11-5-10(16)3-4-13(11)21(9)24(22,23)14-7-20(2)8-17-14/h3-9H,1-2H3,(H,18,19). The van der Waals surface area contributed by atoms with Gasteiger partial charge in [0.1, 0.15) is 5.82 Å². The van der Waals surface area contributed by atoms with Crippen LogP contribution in [0.15, 0.2) is 41.9 Å². The summed E-state index contributed by atoms with van der Waals surface area (Å²) < 4.78 is 42.8. The van der Waals surface area contributed by atoms with Crippen LogP contribution in [0, 0.1) is 5.82 Å². The van der Waals surface area contributed by atoms with E-state index in [0.717, 1.165) is 0 Å². The number of hydrogen-bond acceptors (Lipinski definition) is 4. The van der Waals surface area contributed by atoms with Gasteiger partial charge in [-0.3, -0.25) is 9.40 Å². The smallest absolute Gasteiger partial charge is 0.283 e. The lowest BCUT2D eigenvalue weighted by atomic mass is 9.97. The number of imidazole rings is 1. The second kappa shape index (κ2) is 4.91. The Hall–Kier alpha value is -2.68. The number of anilines is 1. The van der Waals surface area contributed by atoms with E-state index >= 15 is 0 Å². The maximum atomic E-state index is 13.7. The molecule has 1 aliphatic rings. The molecule has 3 aromatic rings. The summed E-state index contributed by atoms with van der Waals surface area (Å²) in [5.41, 5.74) is 2.17. The van der Waals surface area contributed by atoms with E-state index in [2.05, 4.69) is 15.2 Å². The molecule has 1 unspecified atom stereocenters. The molecular weight excluding hydrogens is 333 g/mol. The number of halogens is 1. The summed E-state index contributed by atoms with van der Waals surface area (Å²) in [4.78, 5) is 3.97. The number of sulfonamides is 1. The summed E-state index contributed by atoms with van der Waals surface area (Å²) >= 11 is 0. The minimum absolute atomic E-state index is 0.0564. The van der Waals surface area contributed by atoms with Gasteiger partial charge in [-0.25, -0.2) is 9.37 Å². The highest BCUT2D eigenvalue weighted by atomic mass is 32.2. The second-order valence-electron chi connectivity index (χ2n) is 5.72. The van der Waals surface area contributed by atoms with Crippen LogP contribution < -0.4 is 4.31 Å². The number of nitrogens with zero attached hydrogens (tertiary/aromatic N) is 4. The lowest BCUT2D eigenvalue weighted by Gasteiger charge is -2.34. The van der Waals surface area contributed by atoms with Crippen LogP contribution in [0.4, 0.5) is 10.1 Å². The van der Waals surface area contributed by atoms with Gasteiger partial charge in [-0.2, -0.15) is 13.5 Å². The van der Waals surface area contributed by atoms with Gasteiger partial charge in [0.05, 0.1) is 29.9 Å². The number of aryl methyl sites for hydroxylation is 1. The first kappa shape index (κ1) is 14.9. The average molecular weight is 347 g/mol. The van der Waals surface area contributed by atoms with E-state index in [0.29, 0.717) is 22.5 Å². The topological polar surface area (TPSA) is 83.9 Å². The predicted molar refractivity (Wildman–Crippen MR) is 85.3 cm³/mol. The number of benzene rings is 1. The quantitative estimate of drug-likeness (QED) is 0.770. The van der Waals surface area contributed by atoms with Crippen LogP contribution in [0.3, 0.4) is 0 Å². The molecule has 0 saturated heterocycles. The van der Waals surface area contributed by atoms with Crippen molar-refractivity contribution < 1.29 is 12.8 Å². The van der Waals surface area contributed by atoms with Crippen LogP contribution in [0.2, 0.25) is 0 Å². The van der Waals surface area contributed by atoms with Gasteiger partial charge in [0.15, 0.2) is 5.03 Å². The summed E-state index contributed by atoms with van der Waals surface area (Å²) in [6.45, 7) is 1.77. The highest BCUT2D eigenvalue weighted by Gasteiger charge is 2.39. The van der Waals surface area contributed by atoms with E-state index < -0.39 is 21.9 Å². The third kappa shape index (κ3) is 1.97. The Labute approximate surface area is 137 Å². The molecule has 4 rings (SSSR count). The van der Waals surface area contributed by atoms with Crippen LogP contribution in [0.1, 0.15) is 18.5 Å². The van der Waals surface area contributed by atoms with Crippen molar-refractivity contribution in [1.82, 2.24) is 19.7 Å². The molecule has 0 amide bonds. The molecule has 3 heterocycles. The van der Waals surface area contributed by atoms with Gasteiger partial charge in [0, 0.05) is 24.4 Å². The maximum Gasteiger partial charge on any atom is 0.283 e. The fraction of sp³-hybridized carbons (Fsp3) is 0.200. The molecule has 0 saturated carbocycles. The van der Waals surface area contributed by atoms with Crippen LogP contribution in [0.25, 0.3) is 11.3 Å². The van der Waals surface area contributed by atoms with E-state index in [1.54, 1.807) is 24.7 Å². The molecule has 24 heavy (non-hydrogen) atoms. The largest absolute Gasteiger partial charge is 0.339 e. The van der Waals surface area contributed by atoms with Gasteiger partial charge in [-0.1, -0.05) is 0 Å². The zero-order valence-corrected chi connectivity index (χ0v) is 13.7. The van der Waals surface area contributed by atoms with Crippen molar-refractivity contribution >= 4 is 15.7 Å². The number of aromatic nitrogens is 4. The lowest BCUT2D eigenvalue weighted by Crippen LogP contribution is -2.36. The van der Waals surface area contributed by atoms with Crippen LogP contribution in [-0.2, 0) is 17.1 Å². The van der Waals surface area contributed by atoms with Crippen LogP contribution in [0.5, 0.6) is 0 Å². The first-order chi connectivity index (χ1) is 11.4. The van der Waals surface area contributed by atoms with Crippen molar-refractivity contribution in [3.8, 4) is 11.3 Å². The van der Waals surface area contributed by atoms with Gasteiger partial charge in [0.25, 0.3) is 10.0 Å². The molecule has 0 aliphatic carbocycles. The van der Waals surface area contributed by atoms with E-state index in [9.17, 15) is 12.8 Å². The van der Waals surface area contributed by atoms with Gasteiger partial charge in [-0.05, 0) is 25.1 Å². The molecule has 1 aromatic carbocycles. The molecule has 0 spiro atoms. The van der Waals surface area contributed by atoms with Crippen LogP contribution in [-0.4, -0.2) is 28.2 Å². The van der Waals surface area contributed by atoms with Crippen molar-refractivity contribution in [2.24, 2.45) is 7.05 Å². The van der Waals surface area contributed by atoms with Gasteiger partial charge < -0.3 is 4.57 Å². The van der Waals surface area contributed by atoms with E-state index in [1.807, 2.05) is 0 Å². The number of hydrogen-bond donors (Lipinski definition) is 1. The van der Waals surface area contributed by atoms with Crippen molar-refractivity contribution in [2.75, 3.05) is 4.31 Å². The Morgan fingerprint density at radius 2 is 2.12 bits per heavy atom. The summed E-state index contributed by atoms with van der Waals surface area (Å²) in [7, 11) is -2.20. The minimum Gasteiger partial charge on any atom is -0.339 e. The summed E-state index contributed by atoms with van der Waals surface area (Å²) in [6.07, 6.45) is 4.43. The maximum absolute atomic E-state index is 13.7. The molecule has 0 bridgehead atoms. The van der Waals surface area contributed by atoms with Gasteiger partial charge in [0.2, 0.25) is 0 Å². The Morgan fingerprint density at radius 1 is 1.33 bits per heavy atom. The average Bonchev–Trinajstić information content (AvgIpc) is 3.17. The van der Waals surface area contributed by atoms with Crippen LogP contribution >= 0.6 is 0 Å².